The smallest absolute Gasteiger partial charge is 0.155 e. The molecule has 5 nitrogen and oxygen atoms in total. The van der Waals surface area contributed by atoms with Gasteiger partial charge in [0.15, 0.2) is 5.82 Å². The lowest BCUT2D eigenvalue weighted by atomic mass is 10.0. The van der Waals surface area contributed by atoms with Crippen molar-refractivity contribution in [3.8, 4) is 23.0 Å². The highest BCUT2D eigenvalue weighted by Crippen LogP contribution is 2.37. The van der Waals surface area contributed by atoms with Crippen molar-refractivity contribution >= 4 is 5.69 Å². The summed E-state index contributed by atoms with van der Waals surface area (Å²) in [6.07, 6.45) is 5.40. The molecule has 0 amide bonds. The molecule has 0 bridgehead atoms. The second kappa shape index (κ2) is 6.60. The standard InChI is InChI=1S/C20H18FN5/c1-14-20(16-6-2-3-7-17(16)21)18(25-8-4-5-9-25)10-19(24-14)26-13-15(11-22)12-23-26/h2-3,6-7,10,12-13H,4-5,8-9H2,1H3. The molecule has 0 aliphatic carbocycles. The highest BCUT2D eigenvalue weighted by atomic mass is 19.1. The summed E-state index contributed by atoms with van der Waals surface area (Å²) in [5, 5.41) is 13.3. The van der Waals surface area contributed by atoms with Gasteiger partial charge in [0, 0.05) is 36.0 Å². The number of rotatable bonds is 3. The van der Waals surface area contributed by atoms with Crippen molar-refractivity contribution < 1.29 is 4.39 Å². The summed E-state index contributed by atoms with van der Waals surface area (Å²) < 4.78 is 16.1. The number of nitriles is 1. The molecular weight excluding hydrogens is 329 g/mol. The maximum Gasteiger partial charge on any atom is 0.155 e. The van der Waals surface area contributed by atoms with E-state index in [0.717, 1.165) is 42.9 Å². The lowest BCUT2D eigenvalue weighted by Gasteiger charge is -2.24. The average Bonchev–Trinajstić information content (AvgIpc) is 3.34. The zero-order chi connectivity index (χ0) is 18.1. The van der Waals surface area contributed by atoms with Gasteiger partial charge in [-0.1, -0.05) is 18.2 Å². The van der Waals surface area contributed by atoms with Crippen LogP contribution in [0.4, 0.5) is 10.1 Å². The number of aryl methyl sites for hydroxylation is 1. The summed E-state index contributed by atoms with van der Waals surface area (Å²) in [6, 6.07) is 10.8. The Bertz CT molecular complexity index is 996. The molecule has 26 heavy (non-hydrogen) atoms. The van der Waals surface area contributed by atoms with E-state index < -0.39 is 0 Å². The van der Waals surface area contributed by atoms with Gasteiger partial charge in [-0.05, 0) is 25.8 Å². The average molecular weight is 347 g/mol. The first-order valence-corrected chi connectivity index (χ1v) is 8.64. The number of halogens is 1. The third-order valence-electron chi connectivity index (χ3n) is 4.70. The third-order valence-corrected chi connectivity index (χ3v) is 4.70. The Labute approximate surface area is 151 Å². The molecule has 0 N–H and O–H groups in total. The molecule has 0 spiro atoms. The fourth-order valence-electron chi connectivity index (χ4n) is 3.47. The molecule has 6 heteroatoms. The lowest BCUT2D eigenvalue weighted by molar-refractivity contribution is 0.631. The zero-order valence-corrected chi connectivity index (χ0v) is 14.5. The van der Waals surface area contributed by atoms with Crippen molar-refractivity contribution in [2.75, 3.05) is 18.0 Å². The van der Waals surface area contributed by atoms with Gasteiger partial charge in [0.2, 0.25) is 0 Å². The van der Waals surface area contributed by atoms with E-state index in [1.54, 1.807) is 23.0 Å². The molecule has 1 aliphatic rings. The topological polar surface area (TPSA) is 57.7 Å². The molecular formula is C20H18FN5. The summed E-state index contributed by atoms with van der Waals surface area (Å²) in [4.78, 5) is 6.91. The molecule has 0 saturated carbocycles. The van der Waals surface area contributed by atoms with Crippen LogP contribution < -0.4 is 4.90 Å². The maximum atomic E-state index is 14.5. The van der Waals surface area contributed by atoms with Crippen molar-refractivity contribution in [3.05, 3.63) is 59.8 Å². The highest BCUT2D eigenvalue weighted by molar-refractivity contribution is 5.82. The van der Waals surface area contributed by atoms with E-state index in [1.165, 1.54) is 12.3 Å². The Hall–Kier alpha value is -3.20. The summed E-state index contributed by atoms with van der Waals surface area (Å²) in [7, 11) is 0. The Morgan fingerprint density at radius 1 is 1.19 bits per heavy atom. The van der Waals surface area contributed by atoms with E-state index in [-0.39, 0.29) is 5.82 Å². The van der Waals surface area contributed by atoms with Crippen LogP contribution in [0.5, 0.6) is 0 Å². The third kappa shape index (κ3) is 2.82. The van der Waals surface area contributed by atoms with Crippen molar-refractivity contribution in [3.63, 3.8) is 0 Å². The van der Waals surface area contributed by atoms with Crippen molar-refractivity contribution in [2.24, 2.45) is 0 Å². The van der Waals surface area contributed by atoms with Crippen molar-refractivity contribution in [1.82, 2.24) is 14.8 Å². The van der Waals surface area contributed by atoms with Gasteiger partial charge < -0.3 is 4.90 Å². The molecule has 2 aromatic heterocycles. The summed E-state index contributed by atoms with van der Waals surface area (Å²) in [5.41, 5.74) is 3.56. The molecule has 0 radical (unpaired) electrons. The largest absolute Gasteiger partial charge is 0.371 e. The van der Waals surface area contributed by atoms with Crippen LogP contribution in [0, 0.1) is 24.1 Å². The predicted molar refractivity (Wildman–Crippen MR) is 97.7 cm³/mol. The molecule has 1 aliphatic heterocycles. The summed E-state index contributed by atoms with van der Waals surface area (Å²) in [5.74, 6) is 0.377. The van der Waals surface area contributed by atoms with Crippen LogP contribution in [0.2, 0.25) is 0 Å². The van der Waals surface area contributed by atoms with Crippen LogP contribution in [0.1, 0.15) is 24.1 Å². The highest BCUT2D eigenvalue weighted by Gasteiger charge is 2.22. The monoisotopic (exact) mass is 347 g/mol. The second-order valence-electron chi connectivity index (χ2n) is 6.42. The summed E-state index contributed by atoms with van der Waals surface area (Å²) >= 11 is 0. The normalized spacial score (nSPS) is 13.8. The molecule has 3 heterocycles. The Kier molecular flexibility index (Phi) is 4.13. The Morgan fingerprint density at radius 2 is 1.96 bits per heavy atom. The number of anilines is 1. The molecule has 1 saturated heterocycles. The van der Waals surface area contributed by atoms with Crippen LogP contribution in [0.3, 0.4) is 0 Å². The quantitative estimate of drug-likeness (QED) is 0.722. The molecule has 4 rings (SSSR count). The zero-order valence-electron chi connectivity index (χ0n) is 14.5. The van der Waals surface area contributed by atoms with E-state index in [4.69, 9.17) is 5.26 Å². The van der Waals surface area contributed by atoms with Crippen LogP contribution in [-0.4, -0.2) is 27.9 Å². The van der Waals surface area contributed by atoms with Gasteiger partial charge in [-0.2, -0.15) is 10.4 Å². The lowest BCUT2D eigenvalue weighted by Crippen LogP contribution is -2.20. The van der Waals surface area contributed by atoms with Crippen LogP contribution in [0.15, 0.2) is 42.7 Å². The van der Waals surface area contributed by atoms with Crippen LogP contribution in [-0.2, 0) is 0 Å². The van der Waals surface area contributed by atoms with Gasteiger partial charge in [0.25, 0.3) is 0 Å². The van der Waals surface area contributed by atoms with E-state index in [2.05, 4.69) is 21.1 Å². The first-order valence-electron chi connectivity index (χ1n) is 8.64. The van der Waals surface area contributed by atoms with E-state index in [9.17, 15) is 4.39 Å². The second-order valence-corrected chi connectivity index (χ2v) is 6.42. The minimum absolute atomic E-state index is 0.253. The number of aromatic nitrogens is 3. The Balaban J connectivity index is 1.91. The van der Waals surface area contributed by atoms with Gasteiger partial charge in [-0.3, -0.25) is 0 Å². The van der Waals surface area contributed by atoms with Crippen LogP contribution >= 0.6 is 0 Å². The molecule has 130 valence electrons. The van der Waals surface area contributed by atoms with Gasteiger partial charge in [0.05, 0.1) is 23.6 Å². The van der Waals surface area contributed by atoms with Crippen molar-refractivity contribution in [2.45, 2.75) is 19.8 Å². The van der Waals surface area contributed by atoms with Gasteiger partial charge in [-0.25, -0.2) is 14.1 Å². The van der Waals surface area contributed by atoms with Gasteiger partial charge in [-0.15, -0.1) is 0 Å². The van der Waals surface area contributed by atoms with Gasteiger partial charge >= 0.3 is 0 Å². The summed E-state index contributed by atoms with van der Waals surface area (Å²) in [6.45, 7) is 3.76. The SMILES string of the molecule is Cc1nc(-n2cc(C#N)cn2)cc(N2CCCC2)c1-c1ccccc1F. The fraction of sp³-hybridized carbons (Fsp3) is 0.250. The molecule has 1 fully saturated rings. The minimum Gasteiger partial charge on any atom is -0.371 e. The van der Waals surface area contributed by atoms with Crippen molar-refractivity contribution in [1.29, 1.82) is 5.26 Å². The Morgan fingerprint density at radius 3 is 2.65 bits per heavy atom. The van der Waals surface area contributed by atoms with E-state index >= 15 is 0 Å². The van der Waals surface area contributed by atoms with E-state index in [1.807, 2.05) is 19.1 Å². The predicted octanol–water partition coefficient (Wildman–Crippen LogP) is 3.85. The first-order chi connectivity index (χ1) is 12.7. The molecule has 3 aromatic rings. The number of benzene rings is 1. The number of pyridine rings is 1. The van der Waals surface area contributed by atoms with E-state index in [0.29, 0.717) is 16.9 Å². The first kappa shape index (κ1) is 16.3. The number of hydrogen-bond donors (Lipinski definition) is 0. The molecule has 0 unspecified atom stereocenters. The number of nitrogens with zero attached hydrogens (tertiary/aromatic N) is 5. The molecule has 1 aromatic carbocycles. The molecule has 0 atom stereocenters. The number of hydrogen-bond acceptors (Lipinski definition) is 4. The maximum absolute atomic E-state index is 14.5. The van der Waals surface area contributed by atoms with Crippen LogP contribution in [0.25, 0.3) is 16.9 Å². The fourth-order valence-corrected chi connectivity index (χ4v) is 3.47. The minimum atomic E-state index is -0.253. The van der Waals surface area contributed by atoms with Gasteiger partial charge in [0.1, 0.15) is 11.9 Å².